The molecule has 1 aromatic carbocycles. The molecule has 0 saturated heterocycles. The minimum absolute atomic E-state index is 0.573. The first kappa shape index (κ1) is 7.35. The average Bonchev–Trinajstić information content (AvgIpc) is 2.44. The van der Waals surface area contributed by atoms with Gasteiger partial charge in [0.05, 0.1) is 5.71 Å². The zero-order chi connectivity index (χ0) is 8.55. The van der Waals surface area contributed by atoms with Crippen molar-refractivity contribution in [3.05, 3.63) is 35.4 Å². The molecule has 1 unspecified atom stereocenters. The van der Waals surface area contributed by atoms with E-state index in [1.54, 1.807) is 0 Å². The van der Waals surface area contributed by atoms with E-state index in [0.717, 1.165) is 12.1 Å². The van der Waals surface area contributed by atoms with Gasteiger partial charge in [-0.15, -0.1) is 0 Å². The number of nitrogens with zero attached hydrogens (tertiary/aromatic N) is 1. The number of hydrogen-bond donors (Lipinski definition) is 1. The number of fused-ring (bicyclic) bond motifs is 1. The second-order valence-corrected chi connectivity index (χ2v) is 3.27. The summed E-state index contributed by atoms with van der Waals surface area (Å²) in [7, 11) is 0. The molecule has 0 amide bonds. The average molecular weight is 160 g/mol. The van der Waals surface area contributed by atoms with Gasteiger partial charge in [0, 0.05) is 5.56 Å². The first-order valence-electron chi connectivity index (χ1n) is 4.19. The predicted molar refractivity (Wildman–Crippen MR) is 50.2 cm³/mol. The number of benzene rings is 1. The van der Waals surface area contributed by atoms with E-state index in [0.29, 0.717) is 5.92 Å². The maximum Gasteiger partial charge on any atom is 0.0681 e. The highest BCUT2D eigenvalue weighted by molar-refractivity contribution is 6.05. The molecule has 2 heteroatoms. The zero-order valence-corrected chi connectivity index (χ0v) is 7.12. The lowest BCUT2D eigenvalue weighted by Crippen LogP contribution is -1.98. The summed E-state index contributed by atoms with van der Waals surface area (Å²) in [5, 5.41) is 3.80. The van der Waals surface area contributed by atoms with Gasteiger partial charge >= 0.3 is 0 Å². The molecule has 0 saturated carbocycles. The third-order valence-corrected chi connectivity index (χ3v) is 2.46. The van der Waals surface area contributed by atoms with Crippen molar-refractivity contribution < 1.29 is 0 Å². The molecule has 1 atom stereocenters. The fourth-order valence-corrected chi connectivity index (χ4v) is 1.82. The van der Waals surface area contributed by atoms with Crippen LogP contribution < -0.4 is 5.84 Å². The third-order valence-electron chi connectivity index (χ3n) is 2.46. The van der Waals surface area contributed by atoms with Crippen LogP contribution in [0.2, 0.25) is 0 Å². The fraction of sp³-hybridized carbons (Fsp3) is 0.300. The topological polar surface area (TPSA) is 38.4 Å². The van der Waals surface area contributed by atoms with Gasteiger partial charge in [0.1, 0.15) is 0 Å². The fourth-order valence-electron chi connectivity index (χ4n) is 1.82. The third kappa shape index (κ3) is 0.916. The van der Waals surface area contributed by atoms with Crippen LogP contribution in [-0.4, -0.2) is 5.71 Å². The van der Waals surface area contributed by atoms with E-state index in [2.05, 4.69) is 30.2 Å². The second-order valence-electron chi connectivity index (χ2n) is 3.27. The van der Waals surface area contributed by atoms with E-state index in [4.69, 9.17) is 5.84 Å². The summed E-state index contributed by atoms with van der Waals surface area (Å²) in [6.07, 6.45) is 0.982. The Labute approximate surface area is 72.1 Å². The van der Waals surface area contributed by atoms with E-state index in [9.17, 15) is 0 Å². The number of hydrazone groups is 1. The van der Waals surface area contributed by atoms with Gasteiger partial charge in [-0.05, 0) is 17.9 Å². The van der Waals surface area contributed by atoms with Crippen LogP contribution in [0, 0.1) is 0 Å². The molecule has 0 aromatic heterocycles. The molecular formula is C10H12N2. The van der Waals surface area contributed by atoms with E-state index in [1.165, 1.54) is 11.1 Å². The summed E-state index contributed by atoms with van der Waals surface area (Å²) in [6, 6.07) is 8.33. The summed E-state index contributed by atoms with van der Waals surface area (Å²) in [4.78, 5) is 0. The number of rotatable bonds is 0. The largest absolute Gasteiger partial charge is 0.323 e. The summed E-state index contributed by atoms with van der Waals surface area (Å²) < 4.78 is 0. The molecule has 0 heterocycles. The van der Waals surface area contributed by atoms with Gasteiger partial charge in [-0.2, -0.15) is 5.10 Å². The van der Waals surface area contributed by atoms with Gasteiger partial charge in [-0.3, -0.25) is 0 Å². The molecular weight excluding hydrogens is 148 g/mol. The Morgan fingerprint density at radius 3 is 2.92 bits per heavy atom. The van der Waals surface area contributed by atoms with Crippen LogP contribution in [0.1, 0.15) is 30.4 Å². The van der Waals surface area contributed by atoms with Gasteiger partial charge in [0.2, 0.25) is 0 Å². The highest BCUT2D eigenvalue weighted by atomic mass is 15.1. The summed E-state index contributed by atoms with van der Waals surface area (Å²) >= 11 is 0. The first-order chi connectivity index (χ1) is 5.83. The summed E-state index contributed by atoms with van der Waals surface area (Å²) in [6.45, 7) is 2.21. The van der Waals surface area contributed by atoms with Crippen molar-refractivity contribution in [2.45, 2.75) is 19.3 Å². The Morgan fingerprint density at radius 1 is 1.42 bits per heavy atom. The Morgan fingerprint density at radius 2 is 2.17 bits per heavy atom. The second kappa shape index (κ2) is 2.63. The van der Waals surface area contributed by atoms with Crippen molar-refractivity contribution in [2.24, 2.45) is 10.9 Å². The maximum absolute atomic E-state index is 5.30. The standard InChI is InChI=1S/C10H12N2/c1-7-6-10(12-11)9-5-3-2-4-8(7)9/h2-5,7H,6,11H2,1H3. The van der Waals surface area contributed by atoms with Crippen molar-refractivity contribution in [3.63, 3.8) is 0 Å². The van der Waals surface area contributed by atoms with Crippen LogP contribution in [0.3, 0.4) is 0 Å². The molecule has 0 fully saturated rings. The van der Waals surface area contributed by atoms with Crippen molar-refractivity contribution >= 4 is 5.71 Å². The van der Waals surface area contributed by atoms with Crippen molar-refractivity contribution in [3.8, 4) is 0 Å². The molecule has 2 nitrogen and oxygen atoms in total. The lowest BCUT2D eigenvalue weighted by Gasteiger charge is -2.00. The quantitative estimate of drug-likeness (QED) is 0.456. The Bertz CT molecular complexity index is 328. The van der Waals surface area contributed by atoms with E-state index in [1.807, 2.05) is 6.07 Å². The lowest BCUT2D eigenvalue weighted by atomic mass is 10.0. The monoisotopic (exact) mass is 160 g/mol. The van der Waals surface area contributed by atoms with E-state index in [-0.39, 0.29) is 0 Å². The van der Waals surface area contributed by atoms with Gasteiger partial charge < -0.3 is 5.84 Å². The van der Waals surface area contributed by atoms with Gasteiger partial charge in [-0.1, -0.05) is 31.2 Å². The van der Waals surface area contributed by atoms with Crippen molar-refractivity contribution in [2.75, 3.05) is 0 Å². The number of nitrogens with two attached hydrogens (primary N) is 1. The molecule has 2 rings (SSSR count). The Kier molecular flexibility index (Phi) is 1.61. The highest BCUT2D eigenvalue weighted by Crippen LogP contribution is 2.32. The molecule has 62 valence electrons. The van der Waals surface area contributed by atoms with E-state index < -0.39 is 0 Å². The van der Waals surface area contributed by atoms with E-state index >= 15 is 0 Å². The van der Waals surface area contributed by atoms with Crippen LogP contribution >= 0.6 is 0 Å². The van der Waals surface area contributed by atoms with Crippen LogP contribution in [0.15, 0.2) is 29.4 Å². The molecule has 2 N–H and O–H groups in total. The van der Waals surface area contributed by atoms with Crippen LogP contribution in [-0.2, 0) is 0 Å². The molecule has 0 radical (unpaired) electrons. The molecule has 0 aliphatic heterocycles. The van der Waals surface area contributed by atoms with Crippen LogP contribution in [0.4, 0.5) is 0 Å². The smallest absolute Gasteiger partial charge is 0.0681 e. The lowest BCUT2D eigenvalue weighted by molar-refractivity contribution is 0.833. The summed E-state index contributed by atoms with van der Waals surface area (Å²) in [5.74, 6) is 5.87. The van der Waals surface area contributed by atoms with Gasteiger partial charge in [0.15, 0.2) is 0 Å². The number of hydrogen-bond acceptors (Lipinski definition) is 2. The Hall–Kier alpha value is -1.31. The van der Waals surface area contributed by atoms with Crippen LogP contribution in [0.25, 0.3) is 0 Å². The van der Waals surface area contributed by atoms with Crippen LogP contribution in [0.5, 0.6) is 0 Å². The predicted octanol–water partition coefficient (Wildman–Crippen LogP) is 1.86. The maximum atomic E-state index is 5.30. The summed E-state index contributed by atoms with van der Waals surface area (Å²) in [5.41, 5.74) is 3.65. The van der Waals surface area contributed by atoms with Gasteiger partial charge in [0.25, 0.3) is 0 Å². The zero-order valence-electron chi connectivity index (χ0n) is 7.12. The van der Waals surface area contributed by atoms with Gasteiger partial charge in [-0.25, -0.2) is 0 Å². The SMILES string of the molecule is CC1CC(=NN)c2ccccc21. The highest BCUT2D eigenvalue weighted by Gasteiger charge is 2.23. The normalized spacial score (nSPS) is 24.4. The molecule has 0 bridgehead atoms. The molecule has 1 aliphatic rings. The Balaban J connectivity index is 2.57. The van der Waals surface area contributed by atoms with Crippen molar-refractivity contribution in [1.29, 1.82) is 0 Å². The molecule has 0 spiro atoms. The minimum Gasteiger partial charge on any atom is -0.323 e. The molecule has 1 aromatic rings. The molecule has 1 aliphatic carbocycles. The first-order valence-corrected chi connectivity index (χ1v) is 4.19. The van der Waals surface area contributed by atoms with Crippen molar-refractivity contribution in [1.82, 2.24) is 0 Å². The minimum atomic E-state index is 0.573. The molecule has 12 heavy (non-hydrogen) atoms.